The lowest BCUT2D eigenvalue weighted by Crippen LogP contribution is -2.28. The molecule has 0 aliphatic carbocycles. The lowest BCUT2D eigenvalue weighted by atomic mass is 10.2. The van der Waals surface area contributed by atoms with Crippen LogP contribution in [0.15, 0.2) is 53.7 Å². The minimum Gasteiger partial charge on any atom is -0.309 e. The van der Waals surface area contributed by atoms with Crippen LogP contribution >= 0.6 is 0 Å². The summed E-state index contributed by atoms with van der Waals surface area (Å²) >= 11 is 0. The fraction of sp³-hybridized carbons (Fsp3) is 0.125. The molecule has 0 atom stereocenters. The van der Waals surface area contributed by atoms with Crippen molar-refractivity contribution in [1.82, 2.24) is 14.5 Å². The molecule has 1 amide bonds. The zero-order chi connectivity index (χ0) is 15.5. The molecule has 3 rings (SSSR count). The molecule has 0 saturated carbocycles. The molecule has 2 heterocycles. The summed E-state index contributed by atoms with van der Waals surface area (Å²) in [7, 11) is 0. The summed E-state index contributed by atoms with van der Waals surface area (Å²) in [6.07, 6.45) is 3.05. The lowest BCUT2D eigenvalue weighted by molar-refractivity contribution is -0.116. The maximum atomic E-state index is 12.3. The Morgan fingerprint density at radius 2 is 2.00 bits per heavy atom. The van der Waals surface area contributed by atoms with Gasteiger partial charge in [0, 0.05) is 6.20 Å². The molecule has 0 saturated heterocycles. The van der Waals surface area contributed by atoms with E-state index in [1.807, 2.05) is 19.1 Å². The minimum absolute atomic E-state index is 0.105. The van der Waals surface area contributed by atoms with E-state index >= 15 is 0 Å². The van der Waals surface area contributed by atoms with Crippen LogP contribution in [-0.2, 0) is 11.3 Å². The number of anilines is 1. The van der Waals surface area contributed by atoms with Crippen molar-refractivity contribution in [2.45, 2.75) is 13.5 Å². The van der Waals surface area contributed by atoms with Gasteiger partial charge in [0.15, 0.2) is 0 Å². The highest BCUT2D eigenvalue weighted by molar-refractivity contribution is 5.89. The number of nitrogens with zero attached hydrogens (tertiary/aromatic N) is 3. The van der Waals surface area contributed by atoms with Gasteiger partial charge in [-0.1, -0.05) is 18.2 Å². The van der Waals surface area contributed by atoms with E-state index in [1.54, 1.807) is 30.5 Å². The first-order valence-electron chi connectivity index (χ1n) is 6.80. The second-order valence-electron chi connectivity index (χ2n) is 4.96. The van der Waals surface area contributed by atoms with E-state index in [2.05, 4.69) is 15.3 Å². The molecule has 0 spiro atoms. The highest BCUT2D eigenvalue weighted by atomic mass is 16.2. The molecule has 110 valence electrons. The highest BCUT2D eigenvalue weighted by Crippen LogP contribution is 2.06. The van der Waals surface area contributed by atoms with E-state index in [-0.39, 0.29) is 18.0 Å². The number of aryl methyl sites for hydroxylation is 1. The summed E-state index contributed by atoms with van der Waals surface area (Å²) in [5.74, 6) is 0.132. The van der Waals surface area contributed by atoms with Gasteiger partial charge in [-0.25, -0.2) is 9.97 Å². The number of fused-ring (bicyclic) bond motifs is 1. The summed E-state index contributed by atoms with van der Waals surface area (Å²) in [6, 6.07) is 10.6. The zero-order valence-electron chi connectivity index (χ0n) is 12.0. The number of nitrogens with one attached hydrogen (secondary N) is 1. The first-order chi connectivity index (χ1) is 10.6. The van der Waals surface area contributed by atoms with E-state index in [0.717, 1.165) is 5.56 Å². The Bertz CT molecular complexity index is 885. The van der Waals surface area contributed by atoms with Gasteiger partial charge in [-0.05, 0) is 30.7 Å². The van der Waals surface area contributed by atoms with Crippen molar-refractivity contribution in [3.63, 3.8) is 0 Å². The Hall–Kier alpha value is -3.02. The van der Waals surface area contributed by atoms with Gasteiger partial charge in [-0.2, -0.15) is 0 Å². The Labute approximate surface area is 126 Å². The van der Waals surface area contributed by atoms with Crippen LogP contribution in [0.1, 0.15) is 5.56 Å². The van der Waals surface area contributed by atoms with Crippen LogP contribution in [0.3, 0.4) is 0 Å². The predicted molar refractivity (Wildman–Crippen MR) is 83.6 cm³/mol. The fourth-order valence-corrected chi connectivity index (χ4v) is 2.10. The van der Waals surface area contributed by atoms with Crippen molar-refractivity contribution >= 4 is 22.6 Å². The lowest BCUT2D eigenvalue weighted by Gasteiger charge is -2.07. The number of hydrogen-bond acceptors (Lipinski definition) is 4. The number of pyridine rings is 1. The fourth-order valence-electron chi connectivity index (χ4n) is 2.10. The molecule has 1 N–H and O–H groups in total. The number of rotatable bonds is 3. The Morgan fingerprint density at radius 1 is 1.18 bits per heavy atom. The quantitative estimate of drug-likeness (QED) is 0.798. The monoisotopic (exact) mass is 294 g/mol. The van der Waals surface area contributed by atoms with Gasteiger partial charge in [0.2, 0.25) is 5.91 Å². The van der Waals surface area contributed by atoms with Crippen molar-refractivity contribution in [1.29, 1.82) is 0 Å². The van der Waals surface area contributed by atoms with E-state index in [9.17, 15) is 9.59 Å². The summed E-state index contributed by atoms with van der Waals surface area (Å²) in [6.45, 7) is 1.81. The third-order valence-electron chi connectivity index (χ3n) is 3.22. The number of carbonyl (C=O) groups is 1. The minimum atomic E-state index is -0.324. The van der Waals surface area contributed by atoms with Crippen LogP contribution in [0, 0.1) is 6.92 Å². The predicted octanol–water partition coefficient (Wildman–Crippen LogP) is 1.74. The van der Waals surface area contributed by atoms with Crippen LogP contribution in [0.4, 0.5) is 5.82 Å². The SMILES string of the molecule is Cc1ccc(NC(=O)Cn2cnc3ccccc3c2=O)nc1. The van der Waals surface area contributed by atoms with Crippen molar-refractivity contribution < 1.29 is 4.79 Å². The molecule has 6 nitrogen and oxygen atoms in total. The molecule has 3 aromatic rings. The maximum Gasteiger partial charge on any atom is 0.261 e. The van der Waals surface area contributed by atoms with Gasteiger partial charge in [-0.3, -0.25) is 14.2 Å². The molecular formula is C16H14N4O2. The van der Waals surface area contributed by atoms with Gasteiger partial charge in [0.25, 0.3) is 5.56 Å². The van der Waals surface area contributed by atoms with Crippen molar-refractivity contribution in [2.24, 2.45) is 0 Å². The van der Waals surface area contributed by atoms with Crippen LogP contribution < -0.4 is 10.9 Å². The number of benzene rings is 1. The third-order valence-corrected chi connectivity index (χ3v) is 3.22. The second kappa shape index (κ2) is 5.77. The van der Waals surface area contributed by atoms with Crippen LogP contribution in [-0.4, -0.2) is 20.4 Å². The number of aromatic nitrogens is 3. The van der Waals surface area contributed by atoms with Gasteiger partial charge in [0.1, 0.15) is 12.4 Å². The molecule has 0 aliphatic heterocycles. The molecule has 1 aromatic carbocycles. The second-order valence-corrected chi connectivity index (χ2v) is 4.96. The molecule has 0 aliphatic rings. The first-order valence-corrected chi connectivity index (χ1v) is 6.80. The van der Waals surface area contributed by atoms with Gasteiger partial charge in [-0.15, -0.1) is 0 Å². The maximum absolute atomic E-state index is 12.3. The molecule has 0 fully saturated rings. The average molecular weight is 294 g/mol. The van der Waals surface area contributed by atoms with E-state index in [1.165, 1.54) is 10.9 Å². The molecule has 0 unspecified atom stereocenters. The number of amides is 1. The summed E-state index contributed by atoms with van der Waals surface area (Å²) in [5.41, 5.74) is 1.38. The van der Waals surface area contributed by atoms with Gasteiger partial charge in [0.05, 0.1) is 17.2 Å². The van der Waals surface area contributed by atoms with Crippen molar-refractivity contribution in [3.8, 4) is 0 Å². The average Bonchev–Trinajstić information content (AvgIpc) is 2.53. The third kappa shape index (κ3) is 2.85. The van der Waals surface area contributed by atoms with E-state index in [4.69, 9.17) is 0 Å². The number of hydrogen-bond donors (Lipinski definition) is 1. The molecule has 0 bridgehead atoms. The summed E-state index contributed by atoms with van der Waals surface area (Å²) < 4.78 is 1.28. The van der Waals surface area contributed by atoms with E-state index < -0.39 is 0 Å². The molecule has 22 heavy (non-hydrogen) atoms. The zero-order valence-corrected chi connectivity index (χ0v) is 12.0. The summed E-state index contributed by atoms with van der Waals surface area (Å²) in [5, 5.41) is 3.15. The standard InChI is InChI=1S/C16H14N4O2/c1-11-6-7-14(17-8-11)19-15(21)9-20-10-18-13-5-3-2-4-12(13)16(20)22/h2-8,10H,9H2,1H3,(H,17,19,21). The Morgan fingerprint density at radius 3 is 2.77 bits per heavy atom. The normalized spacial score (nSPS) is 10.6. The van der Waals surface area contributed by atoms with Gasteiger partial charge >= 0.3 is 0 Å². The smallest absolute Gasteiger partial charge is 0.261 e. The van der Waals surface area contributed by atoms with Crippen LogP contribution in [0.2, 0.25) is 0 Å². The first kappa shape index (κ1) is 13.9. The molecule has 2 aromatic heterocycles. The number of carbonyl (C=O) groups excluding carboxylic acids is 1. The molecular weight excluding hydrogens is 280 g/mol. The topological polar surface area (TPSA) is 76.9 Å². The highest BCUT2D eigenvalue weighted by Gasteiger charge is 2.08. The van der Waals surface area contributed by atoms with Crippen molar-refractivity contribution in [2.75, 3.05) is 5.32 Å². The van der Waals surface area contributed by atoms with Crippen LogP contribution in [0.5, 0.6) is 0 Å². The Balaban J connectivity index is 1.81. The molecule has 0 radical (unpaired) electrons. The number of para-hydroxylation sites is 1. The van der Waals surface area contributed by atoms with Crippen molar-refractivity contribution in [3.05, 3.63) is 64.8 Å². The van der Waals surface area contributed by atoms with Crippen LogP contribution in [0.25, 0.3) is 10.9 Å². The Kier molecular flexibility index (Phi) is 3.65. The van der Waals surface area contributed by atoms with Gasteiger partial charge < -0.3 is 5.32 Å². The molecule has 6 heteroatoms. The summed E-state index contributed by atoms with van der Waals surface area (Å²) in [4.78, 5) is 32.6. The largest absolute Gasteiger partial charge is 0.309 e. The van der Waals surface area contributed by atoms with E-state index in [0.29, 0.717) is 16.7 Å².